The molecule has 2 rings (SSSR count). The molecule has 0 unspecified atom stereocenters. The number of nitriles is 1. The Morgan fingerprint density at radius 2 is 1.94 bits per heavy atom. The Bertz CT molecular complexity index is 468. The summed E-state index contributed by atoms with van der Waals surface area (Å²) in [7, 11) is 0. The van der Waals surface area contributed by atoms with Crippen molar-refractivity contribution in [2.45, 2.75) is 32.2 Å². The lowest BCUT2D eigenvalue weighted by atomic mass is 9.87. The number of phenolic OH excluding ortho intramolecular Hbond substituents is 1. The van der Waals surface area contributed by atoms with E-state index in [0.717, 1.165) is 18.4 Å². The van der Waals surface area contributed by atoms with Crippen molar-refractivity contribution in [2.24, 2.45) is 5.41 Å². The molecule has 1 amide bonds. The quantitative estimate of drug-likeness (QED) is 0.855. The molecule has 18 heavy (non-hydrogen) atoms. The molecule has 0 aliphatic heterocycles. The van der Waals surface area contributed by atoms with Gasteiger partial charge < -0.3 is 10.4 Å². The summed E-state index contributed by atoms with van der Waals surface area (Å²) >= 11 is 0. The molecule has 4 nitrogen and oxygen atoms in total. The fraction of sp³-hybridized carbons (Fsp3) is 0.429. The van der Waals surface area contributed by atoms with Gasteiger partial charge in [-0.15, -0.1) is 0 Å². The van der Waals surface area contributed by atoms with Gasteiger partial charge in [0.1, 0.15) is 11.2 Å². The molecule has 1 aliphatic rings. The zero-order chi connectivity index (χ0) is 13.0. The van der Waals surface area contributed by atoms with Crippen LogP contribution >= 0.6 is 0 Å². The van der Waals surface area contributed by atoms with Crippen LogP contribution in [0.2, 0.25) is 0 Å². The molecule has 1 aromatic rings. The average Bonchev–Trinajstić information content (AvgIpc) is 2.88. The summed E-state index contributed by atoms with van der Waals surface area (Å²) in [5.74, 6) is 0.0324. The Morgan fingerprint density at radius 1 is 1.33 bits per heavy atom. The Morgan fingerprint density at radius 3 is 2.50 bits per heavy atom. The molecule has 0 bridgehead atoms. The number of rotatable bonds is 3. The molecule has 0 aromatic heterocycles. The summed E-state index contributed by atoms with van der Waals surface area (Å²) in [5.41, 5.74) is 0.0870. The molecular formula is C14H16N2O2. The van der Waals surface area contributed by atoms with Gasteiger partial charge in [0, 0.05) is 6.54 Å². The van der Waals surface area contributed by atoms with Crippen LogP contribution in [0.25, 0.3) is 0 Å². The highest BCUT2D eigenvalue weighted by molar-refractivity contribution is 5.85. The number of nitrogens with one attached hydrogen (secondary N) is 1. The third kappa shape index (κ3) is 2.45. The Kier molecular flexibility index (Phi) is 3.52. The van der Waals surface area contributed by atoms with Crippen LogP contribution in [0.5, 0.6) is 5.75 Å². The maximum absolute atomic E-state index is 12.1. The minimum absolute atomic E-state index is 0.171. The molecule has 0 radical (unpaired) electrons. The van der Waals surface area contributed by atoms with E-state index in [-0.39, 0.29) is 11.7 Å². The molecule has 2 N–H and O–H groups in total. The number of aromatic hydroxyl groups is 1. The fourth-order valence-corrected chi connectivity index (χ4v) is 2.33. The van der Waals surface area contributed by atoms with Crippen LogP contribution < -0.4 is 5.32 Å². The van der Waals surface area contributed by atoms with Crippen molar-refractivity contribution in [1.82, 2.24) is 5.32 Å². The number of hydrogen-bond acceptors (Lipinski definition) is 3. The first-order valence-electron chi connectivity index (χ1n) is 6.14. The van der Waals surface area contributed by atoms with E-state index in [9.17, 15) is 10.1 Å². The highest BCUT2D eigenvalue weighted by Gasteiger charge is 2.41. The van der Waals surface area contributed by atoms with Crippen LogP contribution in [0, 0.1) is 16.7 Å². The Labute approximate surface area is 106 Å². The first-order valence-corrected chi connectivity index (χ1v) is 6.14. The maximum atomic E-state index is 12.1. The van der Waals surface area contributed by atoms with Gasteiger partial charge in [0.05, 0.1) is 6.07 Å². The summed E-state index contributed by atoms with van der Waals surface area (Å²) in [5, 5.41) is 21.1. The maximum Gasteiger partial charge on any atom is 0.240 e. The smallest absolute Gasteiger partial charge is 0.240 e. The average molecular weight is 244 g/mol. The topological polar surface area (TPSA) is 73.1 Å². The Hall–Kier alpha value is -2.02. The number of nitrogens with zero attached hydrogens (tertiary/aromatic N) is 1. The van der Waals surface area contributed by atoms with Crippen LogP contribution in [0.15, 0.2) is 24.3 Å². The fourth-order valence-electron chi connectivity index (χ4n) is 2.33. The van der Waals surface area contributed by atoms with Crippen molar-refractivity contribution in [3.8, 4) is 11.8 Å². The molecule has 1 aliphatic carbocycles. The summed E-state index contributed by atoms with van der Waals surface area (Å²) in [6, 6.07) is 8.84. The van der Waals surface area contributed by atoms with E-state index in [2.05, 4.69) is 11.4 Å². The molecule has 0 saturated heterocycles. The van der Waals surface area contributed by atoms with Crippen LogP contribution in [0.1, 0.15) is 31.2 Å². The van der Waals surface area contributed by atoms with Gasteiger partial charge in [-0.1, -0.05) is 25.0 Å². The monoisotopic (exact) mass is 244 g/mol. The predicted molar refractivity (Wildman–Crippen MR) is 66.5 cm³/mol. The van der Waals surface area contributed by atoms with E-state index in [1.807, 2.05) is 0 Å². The largest absolute Gasteiger partial charge is 0.508 e. The van der Waals surface area contributed by atoms with Crippen molar-refractivity contribution >= 4 is 5.91 Å². The second-order valence-corrected chi connectivity index (χ2v) is 4.75. The SMILES string of the molecule is N#CC1(C(=O)NCc2ccc(O)cc2)CCCC1. The van der Waals surface area contributed by atoms with Crippen LogP contribution in [-0.4, -0.2) is 11.0 Å². The molecule has 0 spiro atoms. The molecule has 0 atom stereocenters. The van der Waals surface area contributed by atoms with E-state index < -0.39 is 5.41 Å². The standard InChI is InChI=1S/C14H16N2O2/c15-10-14(7-1-2-8-14)13(18)16-9-11-3-5-12(17)6-4-11/h3-6,17H,1-2,7-9H2,(H,16,18). The van der Waals surface area contributed by atoms with E-state index in [0.29, 0.717) is 19.4 Å². The molecule has 94 valence electrons. The number of carbonyl (C=O) groups excluding carboxylic acids is 1. The highest BCUT2D eigenvalue weighted by Crippen LogP contribution is 2.37. The number of benzene rings is 1. The lowest BCUT2D eigenvalue weighted by Gasteiger charge is -2.19. The first-order chi connectivity index (χ1) is 8.66. The molecular weight excluding hydrogens is 228 g/mol. The van der Waals surface area contributed by atoms with Crippen molar-refractivity contribution in [3.05, 3.63) is 29.8 Å². The third-order valence-electron chi connectivity index (χ3n) is 3.50. The zero-order valence-electron chi connectivity index (χ0n) is 10.1. The second-order valence-electron chi connectivity index (χ2n) is 4.75. The first kappa shape index (κ1) is 12.4. The van der Waals surface area contributed by atoms with Gasteiger partial charge >= 0.3 is 0 Å². The molecule has 0 heterocycles. The van der Waals surface area contributed by atoms with Crippen molar-refractivity contribution in [3.63, 3.8) is 0 Å². The van der Waals surface area contributed by atoms with Gasteiger partial charge in [0.25, 0.3) is 0 Å². The summed E-state index contributed by atoms with van der Waals surface area (Å²) in [4.78, 5) is 12.1. The minimum atomic E-state index is -0.823. The van der Waals surface area contributed by atoms with E-state index in [1.165, 1.54) is 0 Å². The lowest BCUT2D eigenvalue weighted by molar-refractivity contribution is -0.128. The van der Waals surface area contributed by atoms with Crippen molar-refractivity contribution in [1.29, 1.82) is 5.26 Å². The normalized spacial score (nSPS) is 17.1. The minimum Gasteiger partial charge on any atom is -0.508 e. The Balaban J connectivity index is 1.96. The molecule has 4 heteroatoms. The predicted octanol–water partition coefficient (Wildman–Crippen LogP) is 2.09. The highest BCUT2D eigenvalue weighted by atomic mass is 16.3. The van der Waals surface area contributed by atoms with E-state index >= 15 is 0 Å². The molecule has 1 fully saturated rings. The lowest BCUT2D eigenvalue weighted by Crippen LogP contribution is -2.37. The van der Waals surface area contributed by atoms with Crippen LogP contribution in [0.3, 0.4) is 0 Å². The summed E-state index contributed by atoms with van der Waals surface area (Å²) < 4.78 is 0. The van der Waals surface area contributed by atoms with E-state index in [4.69, 9.17) is 5.11 Å². The van der Waals surface area contributed by atoms with Gasteiger partial charge in [0.2, 0.25) is 5.91 Å². The van der Waals surface area contributed by atoms with Crippen LogP contribution in [-0.2, 0) is 11.3 Å². The van der Waals surface area contributed by atoms with Crippen molar-refractivity contribution < 1.29 is 9.90 Å². The van der Waals surface area contributed by atoms with Crippen LogP contribution in [0.4, 0.5) is 0 Å². The van der Waals surface area contributed by atoms with Gasteiger partial charge in [-0.05, 0) is 30.5 Å². The summed E-state index contributed by atoms with van der Waals surface area (Å²) in [6.45, 7) is 0.391. The second kappa shape index (κ2) is 5.09. The summed E-state index contributed by atoms with van der Waals surface area (Å²) in [6.07, 6.45) is 3.20. The van der Waals surface area contributed by atoms with Gasteiger partial charge in [-0.25, -0.2) is 0 Å². The van der Waals surface area contributed by atoms with Gasteiger partial charge in [0.15, 0.2) is 0 Å². The molecule has 1 aromatic carbocycles. The van der Waals surface area contributed by atoms with E-state index in [1.54, 1.807) is 24.3 Å². The third-order valence-corrected chi connectivity index (χ3v) is 3.50. The number of hydrogen-bond donors (Lipinski definition) is 2. The zero-order valence-corrected chi connectivity index (χ0v) is 10.1. The van der Waals surface area contributed by atoms with Gasteiger partial charge in [-0.3, -0.25) is 4.79 Å². The number of amides is 1. The number of phenols is 1. The number of carbonyl (C=O) groups is 1. The molecule has 1 saturated carbocycles. The van der Waals surface area contributed by atoms with Gasteiger partial charge in [-0.2, -0.15) is 5.26 Å². The van der Waals surface area contributed by atoms with Crippen molar-refractivity contribution in [2.75, 3.05) is 0 Å².